The second kappa shape index (κ2) is 6.73. The number of amides is 1. The molecule has 18 heavy (non-hydrogen) atoms. The smallest absolute Gasteiger partial charge is 0.323 e. The molecule has 1 unspecified atom stereocenters. The fourth-order valence-corrected chi connectivity index (χ4v) is 1.63. The minimum absolute atomic E-state index is 0.125. The summed E-state index contributed by atoms with van der Waals surface area (Å²) in [4.78, 5) is 24.8. The van der Waals surface area contributed by atoms with Crippen LogP contribution in [0, 0.1) is 0 Å². The lowest BCUT2D eigenvalue weighted by atomic mass is 10.0. The average Bonchev–Trinajstić information content (AvgIpc) is 2.33. The van der Waals surface area contributed by atoms with Crippen LogP contribution < -0.4 is 5.32 Å². The molecule has 0 bridgehead atoms. The summed E-state index contributed by atoms with van der Waals surface area (Å²) in [6, 6.07) is -0.321. The largest absolute Gasteiger partial charge is 0.480 e. The lowest BCUT2D eigenvalue weighted by molar-refractivity contribution is -0.151. The quantitative estimate of drug-likeness (QED) is 0.725. The van der Waals surface area contributed by atoms with E-state index in [-0.39, 0.29) is 11.9 Å². The van der Waals surface area contributed by atoms with Crippen LogP contribution in [-0.2, 0) is 9.59 Å². The fraction of sp³-hybridized carbons (Fsp3) is 0.846. The lowest BCUT2D eigenvalue weighted by Gasteiger charge is -2.36. The third-order valence-corrected chi connectivity index (χ3v) is 3.70. The summed E-state index contributed by atoms with van der Waals surface area (Å²) in [6.45, 7) is 8.95. The van der Waals surface area contributed by atoms with Crippen LogP contribution in [0.3, 0.4) is 0 Å². The normalized spacial score (nSPS) is 13.8. The molecular weight excluding hydrogens is 232 g/mol. The minimum atomic E-state index is -1.06. The number of aliphatic carboxylic acids is 1. The molecule has 0 fully saturated rings. The van der Waals surface area contributed by atoms with E-state index in [9.17, 15) is 9.59 Å². The molecule has 0 aliphatic rings. The average molecular weight is 258 g/mol. The second-order valence-corrected chi connectivity index (χ2v) is 5.17. The standard InChI is InChI=1S/C13H26N2O3/c1-7-10(8-2)14-11(16)9(3)15(6)13(4,5)12(17)18/h9-10H,7-8H2,1-6H3,(H,14,16)(H,17,18). The SMILES string of the molecule is CCC(CC)NC(=O)C(C)N(C)C(C)(C)C(=O)O. The van der Waals surface area contributed by atoms with E-state index < -0.39 is 17.6 Å². The van der Waals surface area contributed by atoms with Crippen LogP contribution in [0.15, 0.2) is 0 Å². The highest BCUT2D eigenvalue weighted by Gasteiger charge is 2.37. The first-order valence-electron chi connectivity index (χ1n) is 6.45. The Balaban J connectivity index is 4.69. The number of nitrogens with zero attached hydrogens (tertiary/aromatic N) is 1. The van der Waals surface area contributed by atoms with Gasteiger partial charge in [0.15, 0.2) is 0 Å². The van der Waals surface area contributed by atoms with Crippen molar-refractivity contribution in [3.63, 3.8) is 0 Å². The van der Waals surface area contributed by atoms with Crippen molar-refractivity contribution in [3.8, 4) is 0 Å². The Bertz CT molecular complexity index is 299. The molecule has 0 aliphatic heterocycles. The summed E-state index contributed by atoms with van der Waals surface area (Å²) in [6.07, 6.45) is 1.75. The molecule has 1 amide bonds. The van der Waals surface area contributed by atoms with Crippen molar-refractivity contribution in [3.05, 3.63) is 0 Å². The van der Waals surface area contributed by atoms with Crippen molar-refractivity contribution in [2.45, 2.75) is 65.1 Å². The molecule has 0 rings (SSSR count). The first kappa shape index (κ1) is 16.9. The number of carboxylic acid groups (broad SMARTS) is 1. The van der Waals surface area contributed by atoms with Gasteiger partial charge in [-0.3, -0.25) is 14.5 Å². The highest BCUT2D eigenvalue weighted by atomic mass is 16.4. The minimum Gasteiger partial charge on any atom is -0.480 e. The molecule has 0 spiro atoms. The Morgan fingerprint density at radius 1 is 1.28 bits per heavy atom. The molecule has 106 valence electrons. The fourth-order valence-electron chi connectivity index (χ4n) is 1.63. The monoisotopic (exact) mass is 258 g/mol. The van der Waals surface area contributed by atoms with Gasteiger partial charge in [-0.05, 0) is 40.7 Å². The Morgan fingerprint density at radius 2 is 1.72 bits per heavy atom. The van der Waals surface area contributed by atoms with Gasteiger partial charge in [-0.2, -0.15) is 0 Å². The highest BCUT2D eigenvalue weighted by Crippen LogP contribution is 2.16. The maximum Gasteiger partial charge on any atom is 0.323 e. The van der Waals surface area contributed by atoms with Crippen LogP contribution in [0.5, 0.6) is 0 Å². The predicted octanol–water partition coefficient (Wildman–Crippen LogP) is 1.47. The van der Waals surface area contributed by atoms with E-state index in [0.29, 0.717) is 0 Å². The van der Waals surface area contributed by atoms with Crippen LogP contribution in [0.25, 0.3) is 0 Å². The first-order chi connectivity index (χ1) is 8.18. The van der Waals surface area contributed by atoms with Crippen molar-refractivity contribution in [2.24, 2.45) is 0 Å². The van der Waals surface area contributed by atoms with E-state index in [4.69, 9.17) is 5.11 Å². The van der Waals surface area contributed by atoms with Gasteiger partial charge < -0.3 is 10.4 Å². The number of carbonyl (C=O) groups excluding carboxylic acids is 1. The Labute approximate surface area is 110 Å². The number of carbonyl (C=O) groups is 2. The van der Waals surface area contributed by atoms with E-state index in [0.717, 1.165) is 12.8 Å². The molecule has 0 aromatic rings. The van der Waals surface area contributed by atoms with Crippen molar-refractivity contribution < 1.29 is 14.7 Å². The second-order valence-electron chi connectivity index (χ2n) is 5.17. The van der Waals surface area contributed by atoms with Gasteiger partial charge in [-0.15, -0.1) is 0 Å². The van der Waals surface area contributed by atoms with Crippen molar-refractivity contribution >= 4 is 11.9 Å². The van der Waals surface area contributed by atoms with E-state index in [1.807, 2.05) is 13.8 Å². The van der Waals surface area contributed by atoms with Gasteiger partial charge in [0.2, 0.25) is 5.91 Å². The van der Waals surface area contributed by atoms with Crippen LogP contribution in [-0.4, -0.2) is 46.6 Å². The van der Waals surface area contributed by atoms with Gasteiger partial charge >= 0.3 is 5.97 Å². The zero-order valence-electron chi connectivity index (χ0n) is 12.3. The third-order valence-electron chi connectivity index (χ3n) is 3.70. The summed E-state index contributed by atoms with van der Waals surface area (Å²) in [5.41, 5.74) is -1.06. The first-order valence-corrected chi connectivity index (χ1v) is 6.45. The molecular formula is C13H26N2O3. The molecule has 0 saturated heterocycles. The number of hydrogen-bond donors (Lipinski definition) is 2. The van der Waals surface area contributed by atoms with Gasteiger partial charge in [-0.25, -0.2) is 0 Å². The van der Waals surface area contributed by atoms with Gasteiger partial charge in [0.1, 0.15) is 5.54 Å². The van der Waals surface area contributed by atoms with E-state index in [1.54, 1.807) is 32.7 Å². The van der Waals surface area contributed by atoms with E-state index >= 15 is 0 Å². The lowest BCUT2D eigenvalue weighted by Crippen LogP contribution is -2.57. The summed E-state index contributed by atoms with van der Waals surface area (Å²) in [5.74, 6) is -1.06. The molecule has 0 aromatic heterocycles. The summed E-state index contributed by atoms with van der Waals surface area (Å²) in [5, 5.41) is 12.1. The summed E-state index contributed by atoms with van der Waals surface area (Å²) in [7, 11) is 1.66. The van der Waals surface area contributed by atoms with Gasteiger partial charge in [0, 0.05) is 6.04 Å². The van der Waals surface area contributed by atoms with E-state index in [2.05, 4.69) is 5.32 Å². The summed E-state index contributed by atoms with van der Waals surface area (Å²) < 4.78 is 0. The Morgan fingerprint density at radius 3 is 2.06 bits per heavy atom. The maximum absolute atomic E-state index is 12.0. The molecule has 5 nitrogen and oxygen atoms in total. The van der Waals surface area contributed by atoms with Crippen molar-refractivity contribution in [2.75, 3.05) is 7.05 Å². The third kappa shape index (κ3) is 3.98. The Kier molecular flexibility index (Phi) is 6.32. The van der Waals surface area contributed by atoms with Gasteiger partial charge in [0.25, 0.3) is 0 Å². The maximum atomic E-state index is 12.0. The van der Waals surface area contributed by atoms with Crippen LogP contribution >= 0.6 is 0 Å². The van der Waals surface area contributed by atoms with Crippen molar-refractivity contribution in [1.82, 2.24) is 10.2 Å². The number of nitrogens with one attached hydrogen (secondary N) is 1. The summed E-state index contributed by atoms with van der Waals surface area (Å²) >= 11 is 0. The Hall–Kier alpha value is -1.10. The number of carboxylic acids is 1. The molecule has 0 radical (unpaired) electrons. The van der Waals surface area contributed by atoms with Crippen LogP contribution in [0.2, 0.25) is 0 Å². The van der Waals surface area contributed by atoms with Gasteiger partial charge in [0.05, 0.1) is 6.04 Å². The van der Waals surface area contributed by atoms with E-state index in [1.165, 1.54) is 0 Å². The zero-order chi connectivity index (χ0) is 14.5. The molecule has 0 saturated carbocycles. The molecule has 2 N–H and O–H groups in total. The topological polar surface area (TPSA) is 69.6 Å². The predicted molar refractivity (Wildman–Crippen MR) is 71.5 cm³/mol. The number of likely N-dealkylation sites (N-methyl/N-ethyl adjacent to an activating group) is 1. The number of hydrogen-bond acceptors (Lipinski definition) is 3. The molecule has 5 heteroatoms. The van der Waals surface area contributed by atoms with Crippen LogP contribution in [0.1, 0.15) is 47.5 Å². The highest BCUT2D eigenvalue weighted by molar-refractivity contribution is 5.84. The molecule has 0 aliphatic carbocycles. The van der Waals surface area contributed by atoms with Crippen LogP contribution in [0.4, 0.5) is 0 Å². The van der Waals surface area contributed by atoms with Crippen molar-refractivity contribution in [1.29, 1.82) is 0 Å². The van der Waals surface area contributed by atoms with Gasteiger partial charge in [-0.1, -0.05) is 13.8 Å². The molecule has 0 heterocycles. The zero-order valence-corrected chi connectivity index (χ0v) is 12.3. The molecule has 0 aromatic carbocycles. The number of rotatable bonds is 7. The molecule has 1 atom stereocenters.